The molecule has 0 saturated heterocycles. The maximum atomic E-state index is 12.8. The number of methoxy groups -OCH3 is 1. The Morgan fingerprint density at radius 1 is 0.833 bits per heavy atom. The van der Waals surface area contributed by atoms with Crippen molar-refractivity contribution in [1.82, 2.24) is 0 Å². The topological polar surface area (TPSA) is 76.7 Å². The standard InChI is InChI=1S/C24H24N2O4/c1-16-12-13-17(2)22(14-16)30-15-23(27)25-19-9-5-4-8-18(19)24(28)26-20-10-6-7-11-21(20)29-3/h4-14H,15H2,1-3H3,(H,25,27)(H,26,28). The van der Waals surface area contributed by atoms with Gasteiger partial charge in [-0.2, -0.15) is 0 Å². The fraction of sp³-hybridized carbons (Fsp3) is 0.167. The van der Waals surface area contributed by atoms with Crippen molar-refractivity contribution in [3.05, 3.63) is 83.4 Å². The summed E-state index contributed by atoms with van der Waals surface area (Å²) in [4.78, 5) is 25.2. The molecule has 0 unspecified atom stereocenters. The first kappa shape index (κ1) is 20.9. The van der Waals surface area contributed by atoms with Crippen molar-refractivity contribution in [2.24, 2.45) is 0 Å². The molecule has 0 aromatic heterocycles. The Kier molecular flexibility index (Phi) is 6.70. The van der Waals surface area contributed by atoms with E-state index in [4.69, 9.17) is 9.47 Å². The number of anilines is 2. The van der Waals surface area contributed by atoms with Crippen LogP contribution in [-0.4, -0.2) is 25.5 Å². The van der Waals surface area contributed by atoms with Gasteiger partial charge in [0.15, 0.2) is 6.61 Å². The normalized spacial score (nSPS) is 10.2. The van der Waals surface area contributed by atoms with Gasteiger partial charge in [-0.3, -0.25) is 9.59 Å². The second-order valence-corrected chi connectivity index (χ2v) is 6.81. The summed E-state index contributed by atoms with van der Waals surface area (Å²) < 4.78 is 10.9. The van der Waals surface area contributed by atoms with E-state index in [9.17, 15) is 9.59 Å². The number of para-hydroxylation sites is 3. The van der Waals surface area contributed by atoms with Crippen LogP contribution in [-0.2, 0) is 4.79 Å². The van der Waals surface area contributed by atoms with Crippen molar-refractivity contribution in [3.8, 4) is 11.5 Å². The Morgan fingerprint density at radius 3 is 2.30 bits per heavy atom. The van der Waals surface area contributed by atoms with E-state index in [1.54, 1.807) is 42.5 Å². The van der Waals surface area contributed by atoms with Crippen LogP contribution in [0.5, 0.6) is 11.5 Å². The molecule has 0 fully saturated rings. The Bertz CT molecular complexity index is 1060. The van der Waals surface area contributed by atoms with Crippen molar-refractivity contribution in [2.75, 3.05) is 24.4 Å². The number of hydrogen-bond acceptors (Lipinski definition) is 4. The van der Waals surface area contributed by atoms with Crippen LogP contribution in [0.15, 0.2) is 66.7 Å². The predicted molar refractivity (Wildman–Crippen MR) is 117 cm³/mol. The van der Waals surface area contributed by atoms with E-state index in [0.717, 1.165) is 11.1 Å². The maximum absolute atomic E-state index is 12.8. The lowest BCUT2D eigenvalue weighted by atomic mass is 10.1. The van der Waals surface area contributed by atoms with Gasteiger partial charge in [0, 0.05) is 0 Å². The Hall–Kier alpha value is -3.80. The lowest BCUT2D eigenvalue weighted by Gasteiger charge is -2.14. The molecule has 0 bridgehead atoms. The van der Waals surface area contributed by atoms with Gasteiger partial charge < -0.3 is 20.1 Å². The van der Waals surface area contributed by atoms with Crippen LogP contribution in [0.2, 0.25) is 0 Å². The first-order chi connectivity index (χ1) is 14.5. The molecule has 6 heteroatoms. The molecule has 0 radical (unpaired) electrons. The molecule has 3 aromatic carbocycles. The molecule has 0 aliphatic rings. The van der Waals surface area contributed by atoms with Gasteiger partial charge >= 0.3 is 0 Å². The maximum Gasteiger partial charge on any atom is 0.262 e. The van der Waals surface area contributed by atoms with E-state index >= 15 is 0 Å². The number of amides is 2. The molecule has 6 nitrogen and oxygen atoms in total. The van der Waals surface area contributed by atoms with Crippen molar-refractivity contribution in [3.63, 3.8) is 0 Å². The first-order valence-electron chi connectivity index (χ1n) is 9.51. The van der Waals surface area contributed by atoms with Crippen LogP contribution in [0, 0.1) is 13.8 Å². The van der Waals surface area contributed by atoms with Crippen LogP contribution >= 0.6 is 0 Å². The van der Waals surface area contributed by atoms with Gasteiger partial charge in [0.25, 0.3) is 11.8 Å². The van der Waals surface area contributed by atoms with Gasteiger partial charge in [0.1, 0.15) is 11.5 Å². The number of hydrogen-bond donors (Lipinski definition) is 2. The average molecular weight is 404 g/mol. The SMILES string of the molecule is COc1ccccc1NC(=O)c1ccccc1NC(=O)COc1cc(C)ccc1C. The molecule has 0 spiro atoms. The quantitative estimate of drug-likeness (QED) is 0.604. The second-order valence-electron chi connectivity index (χ2n) is 6.81. The number of carbonyl (C=O) groups excluding carboxylic acids is 2. The highest BCUT2D eigenvalue weighted by Gasteiger charge is 2.15. The van der Waals surface area contributed by atoms with Crippen LogP contribution in [0.1, 0.15) is 21.5 Å². The highest BCUT2D eigenvalue weighted by atomic mass is 16.5. The summed E-state index contributed by atoms with van der Waals surface area (Å²) in [5.41, 5.74) is 3.28. The van der Waals surface area contributed by atoms with Crippen molar-refractivity contribution >= 4 is 23.2 Å². The van der Waals surface area contributed by atoms with E-state index in [1.165, 1.54) is 7.11 Å². The Balaban J connectivity index is 1.69. The molecular formula is C24H24N2O4. The minimum absolute atomic E-state index is 0.160. The summed E-state index contributed by atoms with van der Waals surface area (Å²) in [6.07, 6.45) is 0. The zero-order chi connectivity index (χ0) is 21.5. The van der Waals surface area contributed by atoms with E-state index in [1.807, 2.05) is 38.1 Å². The largest absolute Gasteiger partial charge is 0.495 e. The van der Waals surface area contributed by atoms with Gasteiger partial charge in [-0.1, -0.05) is 36.4 Å². The number of benzene rings is 3. The minimum Gasteiger partial charge on any atom is -0.495 e. The number of ether oxygens (including phenoxy) is 2. The highest BCUT2D eigenvalue weighted by Crippen LogP contribution is 2.25. The smallest absolute Gasteiger partial charge is 0.262 e. The third-order valence-electron chi connectivity index (χ3n) is 4.50. The van der Waals surface area contributed by atoms with E-state index < -0.39 is 0 Å². The van der Waals surface area contributed by atoms with Gasteiger partial charge in [-0.05, 0) is 55.3 Å². The van der Waals surface area contributed by atoms with Crippen molar-refractivity contribution < 1.29 is 19.1 Å². The van der Waals surface area contributed by atoms with E-state index in [0.29, 0.717) is 28.4 Å². The summed E-state index contributed by atoms with van der Waals surface area (Å²) in [5.74, 6) is 0.501. The van der Waals surface area contributed by atoms with Crippen LogP contribution < -0.4 is 20.1 Å². The number of rotatable bonds is 7. The molecule has 0 saturated carbocycles. The molecular weight excluding hydrogens is 380 g/mol. The number of nitrogens with one attached hydrogen (secondary N) is 2. The van der Waals surface area contributed by atoms with Gasteiger partial charge in [-0.25, -0.2) is 0 Å². The molecule has 0 atom stereocenters. The minimum atomic E-state index is -0.356. The monoisotopic (exact) mass is 404 g/mol. The molecule has 3 rings (SSSR count). The lowest BCUT2D eigenvalue weighted by Crippen LogP contribution is -2.23. The molecule has 0 aliphatic carbocycles. The third-order valence-corrected chi connectivity index (χ3v) is 4.50. The van der Waals surface area contributed by atoms with E-state index in [-0.39, 0.29) is 18.4 Å². The Morgan fingerprint density at radius 2 is 1.53 bits per heavy atom. The molecule has 0 aliphatic heterocycles. The van der Waals surface area contributed by atoms with Crippen molar-refractivity contribution in [2.45, 2.75) is 13.8 Å². The van der Waals surface area contributed by atoms with Gasteiger partial charge in [-0.15, -0.1) is 0 Å². The average Bonchev–Trinajstić information content (AvgIpc) is 2.75. The van der Waals surface area contributed by atoms with Gasteiger partial charge in [0.2, 0.25) is 0 Å². The number of aryl methyl sites for hydroxylation is 2. The molecule has 0 heterocycles. The second kappa shape index (κ2) is 9.60. The summed E-state index contributed by atoms with van der Waals surface area (Å²) >= 11 is 0. The van der Waals surface area contributed by atoms with Crippen LogP contribution in [0.25, 0.3) is 0 Å². The summed E-state index contributed by atoms with van der Waals surface area (Å²) in [6.45, 7) is 3.72. The van der Waals surface area contributed by atoms with Gasteiger partial charge in [0.05, 0.1) is 24.0 Å². The van der Waals surface area contributed by atoms with E-state index in [2.05, 4.69) is 10.6 Å². The predicted octanol–water partition coefficient (Wildman–Crippen LogP) is 4.58. The zero-order valence-corrected chi connectivity index (χ0v) is 17.2. The number of carbonyl (C=O) groups is 2. The summed E-state index contributed by atoms with van der Waals surface area (Å²) in [5, 5.41) is 5.57. The van der Waals surface area contributed by atoms with Crippen LogP contribution in [0.3, 0.4) is 0 Å². The highest BCUT2D eigenvalue weighted by molar-refractivity contribution is 6.10. The molecule has 30 heavy (non-hydrogen) atoms. The molecule has 154 valence electrons. The third kappa shape index (κ3) is 5.17. The lowest BCUT2D eigenvalue weighted by molar-refractivity contribution is -0.118. The fourth-order valence-electron chi connectivity index (χ4n) is 2.92. The van der Waals surface area contributed by atoms with Crippen LogP contribution in [0.4, 0.5) is 11.4 Å². The zero-order valence-electron chi connectivity index (χ0n) is 17.2. The molecule has 3 aromatic rings. The summed E-state index contributed by atoms with van der Waals surface area (Å²) in [6, 6.07) is 19.7. The summed E-state index contributed by atoms with van der Waals surface area (Å²) in [7, 11) is 1.54. The molecule has 2 N–H and O–H groups in total. The first-order valence-corrected chi connectivity index (χ1v) is 9.51. The fourth-order valence-corrected chi connectivity index (χ4v) is 2.92. The Labute approximate surface area is 175 Å². The molecule has 2 amide bonds. The van der Waals surface area contributed by atoms with Crippen molar-refractivity contribution in [1.29, 1.82) is 0 Å².